The summed E-state index contributed by atoms with van der Waals surface area (Å²) in [7, 11) is 0. The highest BCUT2D eigenvalue weighted by molar-refractivity contribution is 5.88. The van der Waals surface area contributed by atoms with Crippen molar-refractivity contribution < 1.29 is 0 Å². The SMILES string of the molecule is CCCc1nn(CCC)c2n[nH]c(N)c12. The van der Waals surface area contributed by atoms with Gasteiger partial charge in [-0.2, -0.15) is 10.2 Å². The number of fused-ring (bicyclic) bond motifs is 1. The van der Waals surface area contributed by atoms with Crippen LogP contribution in [0.3, 0.4) is 0 Å². The molecule has 0 aliphatic carbocycles. The Bertz CT molecular complexity index is 454. The number of nitrogens with zero attached hydrogens (tertiary/aromatic N) is 3. The van der Waals surface area contributed by atoms with Crippen LogP contribution in [-0.2, 0) is 13.0 Å². The van der Waals surface area contributed by atoms with E-state index in [1.807, 2.05) is 4.68 Å². The van der Waals surface area contributed by atoms with Gasteiger partial charge in [-0.05, 0) is 12.8 Å². The number of rotatable bonds is 4. The van der Waals surface area contributed by atoms with Crippen molar-refractivity contribution >= 4 is 16.9 Å². The van der Waals surface area contributed by atoms with Gasteiger partial charge in [0.15, 0.2) is 5.65 Å². The summed E-state index contributed by atoms with van der Waals surface area (Å²) in [5.74, 6) is 0.635. The van der Waals surface area contributed by atoms with Crippen molar-refractivity contribution in [3.63, 3.8) is 0 Å². The Balaban J connectivity index is 2.54. The van der Waals surface area contributed by atoms with Gasteiger partial charge in [0.25, 0.3) is 0 Å². The predicted octanol–water partition coefficient (Wildman–Crippen LogP) is 1.70. The number of aromatic amines is 1. The van der Waals surface area contributed by atoms with Gasteiger partial charge in [-0.15, -0.1) is 0 Å². The Kier molecular flexibility index (Phi) is 2.62. The monoisotopic (exact) mass is 207 g/mol. The highest BCUT2D eigenvalue weighted by Crippen LogP contribution is 2.23. The van der Waals surface area contributed by atoms with Crippen LogP contribution in [0.4, 0.5) is 5.82 Å². The molecule has 3 N–H and O–H groups in total. The topological polar surface area (TPSA) is 72.5 Å². The molecule has 0 amide bonds. The average Bonchev–Trinajstić information content (AvgIpc) is 2.72. The average molecular weight is 207 g/mol. The minimum atomic E-state index is 0.635. The van der Waals surface area contributed by atoms with E-state index in [-0.39, 0.29) is 0 Å². The lowest BCUT2D eigenvalue weighted by molar-refractivity contribution is 0.604. The molecule has 0 spiro atoms. The first-order valence-corrected chi connectivity index (χ1v) is 5.47. The number of nitrogen functional groups attached to an aromatic ring is 1. The smallest absolute Gasteiger partial charge is 0.182 e. The minimum absolute atomic E-state index is 0.635. The maximum Gasteiger partial charge on any atom is 0.182 e. The van der Waals surface area contributed by atoms with Gasteiger partial charge < -0.3 is 5.73 Å². The number of nitrogens with two attached hydrogens (primary N) is 1. The summed E-state index contributed by atoms with van der Waals surface area (Å²) in [6.45, 7) is 5.16. The fraction of sp³-hybridized carbons (Fsp3) is 0.600. The van der Waals surface area contributed by atoms with Crippen molar-refractivity contribution in [3.8, 4) is 0 Å². The maximum atomic E-state index is 5.85. The van der Waals surface area contributed by atoms with Crippen LogP contribution in [0.1, 0.15) is 32.4 Å². The normalized spacial score (nSPS) is 11.3. The summed E-state index contributed by atoms with van der Waals surface area (Å²) in [6, 6.07) is 0. The first-order valence-electron chi connectivity index (χ1n) is 5.47. The highest BCUT2D eigenvalue weighted by Gasteiger charge is 2.14. The third-order valence-electron chi connectivity index (χ3n) is 2.47. The van der Waals surface area contributed by atoms with Crippen LogP contribution in [0.2, 0.25) is 0 Å². The molecule has 0 aliphatic rings. The summed E-state index contributed by atoms with van der Waals surface area (Å²) in [6.07, 6.45) is 3.08. The first kappa shape index (κ1) is 10.0. The van der Waals surface area contributed by atoms with Gasteiger partial charge in [0.05, 0.1) is 11.1 Å². The van der Waals surface area contributed by atoms with Gasteiger partial charge in [-0.25, -0.2) is 4.68 Å². The van der Waals surface area contributed by atoms with E-state index in [0.717, 1.165) is 42.5 Å². The zero-order chi connectivity index (χ0) is 10.8. The third kappa shape index (κ3) is 1.58. The summed E-state index contributed by atoms with van der Waals surface area (Å²) in [4.78, 5) is 0. The molecule has 0 bridgehead atoms. The van der Waals surface area contributed by atoms with Crippen molar-refractivity contribution in [3.05, 3.63) is 5.69 Å². The van der Waals surface area contributed by atoms with E-state index in [2.05, 4.69) is 29.1 Å². The molecule has 0 aliphatic heterocycles. The second kappa shape index (κ2) is 3.92. The number of anilines is 1. The summed E-state index contributed by atoms with van der Waals surface area (Å²) < 4.78 is 1.94. The Hall–Kier alpha value is -1.52. The Morgan fingerprint density at radius 3 is 2.80 bits per heavy atom. The van der Waals surface area contributed by atoms with Gasteiger partial charge >= 0.3 is 0 Å². The molecular formula is C10H17N5. The van der Waals surface area contributed by atoms with Crippen molar-refractivity contribution in [1.82, 2.24) is 20.0 Å². The zero-order valence-electron chi connectivity index (χ0n) is 9.25. The largest absolute Gasteiger partial charge is 0.383 e. The molecule has 2 heterocycles. The molecule has 0 fully saturated rings. The van der Waals surface area contributed by atoms with Crippen molar-refractivity contribution in [2.75, 3.05) is 5.73 Å². The lowest BCUT2D eigenvalue weighted by atomic mass is 10.2. The van der Waals surface area contributed by atoms with Crippen LogP contribution in [0.15, 0.2) is 0 Å². The molecule has 2 rings (SSSR count). The number of nitrogens with one attached hydrogen (secondary N) is 1. The Morgan fingerprint density at radius 1 is 1.33 bits per heavy atom. The molecule has 0 unspecified atom stereocenters. The molecule has 0 atom stereocenters. The number of hydrogen-bond acceptors (Lipinski definition) is 3. The van der Waals surface area contributed by atoms with Gasteiger partial charge in [-0.3, -0.25) is 5.10 Å². The van der Waals surface area contributed by atoms with Gasteiger partial charge in [0, 0.05) is 6.54 Å². The molecule has 2 aromatic heterocycles. The third-order valence-corrected chi connectivity index (χ3v) is 2.47. The number of H-pyrrole nitrogens is 1. The van der Waals surface area contributed by atoms with Gasteiger partial charge in [0.1, 0.15) is 5.82 Å². The van der Waals surface area contributed by atoms with E-state index in [1.165, 1.54) is 0 Å². The maximum absolute atomic E-state index is 5.85. The van der Waals surface area contributed by atoms with Crippen LogP contribution < -0.4 is 5.73 Å². The Morgan fingerprint density at radius 2 is 2.13 bits per heavy atom. The van der Waals surface area contributed by atoms with Crippen molar-refractivity contribution in [2.45, 2.75) is 39.7 Å². The van der Waals surface area contributed by atoms with Crippen LogP contribution in [0.25, 0.3) is 11.0 Å². The number of aryl methyl sites for hydroxylation is 2. The number of hydrogen-bond donors (Lipinski definition) is 2. The van der Waals surface area contributed by atoms with Crippen molar-refractivity contribution in [2.24, 2.45) is 0 Å². The summed E-state index contributed by atoms with van der Waals surface area (Å²) >= 11 is 0. The van der Waals surface area contributed by atoms with Gasteiger partial charge in [-0.1, -0.05) is 20.3 Å². The Labute approximate surface area is 88.6 Å². The highest BCUT2D eigenvalue weighted by atomic mass is 15.3. The van der Waals surface area contributed by atoms with Crippen LogP contribution in [-0.4, -0.2) is 20.0 Å². The summed E-state index contributed by atoms with van der Waals surface area (Å²) in [5.41, 5.74) is 7.79. The van der Waals surface area contributed by atoms with Crippen LogP contribution in [0, 0.1) is 0 Å². The fourth-order valence-electron chi connectivity index (χ4n) is 1.84. The molecule has 82 valence electrons. The molecule has 0 saturated heterocycles. The lowest BCUT2D eigenvalue weighted by Crippen LogP contribution is -2.00. The van der Waals surface area contributed by atoms with Crippen LogP contribution in [0.5, 0.6) is 0 Å². The lowest BCUT2D eigenvalue weighted by Gasteiger charge is -1.96. The molecule has 5 heteroatoms. The standard InChI is InChI=1S/C10H17N5/c1-3-5-7-8-9(11)12-13-10(8)15(14-7)6-4-2/h3-6H2,1-2H3,(H3,11,12,13). The molecule has 2 aromatic rings. The quantitative estimate of drug-likeness (QED) is 0.801. The molecule has 15 heavy (non-hydrogen) atoms. The number of aromatic nitrogens is 4. The van der Waals surface area contributed by atoms with Gasteiger partial charge in [0.2, 0.25) is 0 Å². The second-order valence-corrected chi connectivity index (χ2v) is 3.76. The molecule has 0 aromatic carbocycles. The molecule has 0 saturated carbocycles. The van der Waals surface area contributed by atoms with E-state index >= 15 is 0 Å². The molecule has 0 radical (unpaired) electrons. The van der Waals surface area contributed by atoms with E-state index in [0.29, 0.717) is 5.82 Å². The van der Waals surface area contributed by atoms with Crippen molar-refractivity contribution in [1.29, 1.82) is 0 Å². The second-order valence-electron chi connectivity index (χ2n) is 3.76. The van der Waals surface area contributed by atoms with Crippen LogP contribution >= 0.6 is 0 Å². The molecular weight excluding hydrogens is 190 g/mol. The molecule has 5 nitrogen and oxygen atoms in total. The van der Waals surface area contributed by atoms with E-state index in [9.17, 15) is 0 Å². The van der Waals surface area contributed by atoms with E-state index < -0.39 is 0 Å². The first-order chi connectivity index (χ1) is 7.27. The minimum Gasteiger partial charge on any atom is -0.383 e. The predicted molar refractivity (Wildman–Crippen MR) is 60.6 cm³/mol. The summed E-state index contributed by atoms with van der Waals surface area (Å²) in [5, 5.41) is 12.6. The fourth-order valence-corrected chi connectivity index (χ4v) is 1.84. The van der Waals surface area contributed by atoms with E-state index in [1.54, 1.807) is 0 Å². The zero-order valence-corrected chi connectivity index (χ0v) is 9.25. The van der Waals surface area contributed by atoms with E-state index in [4.69, 9.17) is 5.73 Å².